The number of rotatable bonds is 4. The lowest BCUT2D eigenvalue weighted by molar-refractivity contribution is 0.412. The van der Waals surface area contributed by atoms with E-state index in [4.69, 9.17) is 22.1 Å². The highest BCUT2D eigenvalue weighted by molar-refractivity contribution is 9.10. The molecule has 2 N–H and O–H groups in total. The van der Waals surface area contributed by atoms with E-state index in [1.807, 2.05) is 18.2 Å². The Morgan fingerprint density at radius 3 is 2.65 bits per heavy atom. The first kappa shape index (κ1) is 15.4. The molecular weight excluding hydrogens is 362 g/mol. The van der Waals surface area contributed by atoms with Gasteiger partial charge in [-0.2, -0.15) is 0 Å². The Balaban J connectivity index is 2.19. The van der Waals surface area contributed by atoms with Gasteiger partial charge in [-0.3, -0.25) is 4.21 Å². The Morgan fingerprint density at radius 1 is 1.30 bits per heavy atom. The molecule has 3 nitrogen and oxygen atoms in total. The van der Waals surface area contributed by atoms with E-state index in [2.05, 4.69) is 15.9 Å². The molecule has 0 aliphatic carbocycles. The second-order valence-corrected chi connectivity index (χ2v) is 6.85. The predicted octanol–water partition coefficient (Wildman–Crippen LogP) is 4.00. The fourth-order valence-corrected chi connectivity index (χ4v) is 3.64. The Bertz CT molecular complexity index is 664. The maximum absolute atomic E-state index is 12.3. The fourth-order valence-electron chi connectivity index (χ4n) is 1.68. The number of anilines is 1. The van der Waals surface area contributed by atoms with Crippen molar-refractivity contribution < 1.29 is 8.95 Å². The third-order valence-electron chi connectivity index (χ3n) is 2.75. The zero-order valence-corrected chi connectivity index (χ0v) is 13.9. The monoisotopic (exact) mass is 373 g/mol. The van der Waals surface area contributed by atoms with Crippen LogP contribution in [0.15, 0.2) is 45.8 Å². The SMILES string of the molecule is COc1ccc(CS(=O)c2ccc(N)c(Cl)c2)cc1Br. The number of methoxy groups -OCH3 is 1. The van der Waals surface area contributed by atoms with E-state index in [-0.39, 0.29) is 0 Å². The van der Waals surface area contributed by atoms with Gasteiger partial charge in [0.2, 0.25) is 0 Å². The van der Waals surface area contributed by atoms with Gasteiger partial charge in [-0.25, -0.2) is 0 Å². The Hall–Kier alpha value is -1.04. The zero-order chi connectivity index (χ0) is 14.7. The van der Waals surface area contributed by atoms with Gasteiger partial charge in [0.1, 0.15) is 5.75 Å². The molecule has 0 heterocycles. The van der Waals surface area contributed by atoms with Crippen molar-refractivity contribution in [2.45, 2.75) is 10.6 Å². The summed E-state index contributed by atoms with van der Waals surface area (Å²) in [5.41, 5.74) is 7.08. The minimum Gasteiger partial charge on any atom is -0.496 e. The lowest BCUT2D eigenvalue weighted by atomic mass is 10.2. The number of hydrogen-bond donors (Lipinski definition) is 1. The first-order valence-electron chi connectivity index (χ1n) is 5.77. The van der Waals surface area contributed by atoms with Crippen molar-refractivity contribution in [3.05, 3.63) is 51.5 Å². The number of benzene rings is 2. The topological polar surface area (TPSA) is 52.3 Å². The Labute approximate surface area is 133 Å². The molecule has 0 saturated carbocycles. The van der Waals surface area contributed by atoms with Crippen LogP contribution in [-0.2, 0) is 16.6 Å². The number of nitrogens with two attached hydrogens (primary N) is 1. The van der Waals surface area contributed by atoms with Crippen molar-refractivity contribution in [1.29, 1.82) is 0 Å². The van der Waals surface area contributed by atoms with Crippen molar-refractivity contribution in [2.75, 3.05) is 12.8 Å². The lowest BCUT2D eigenvalue weighted by Crippen LogP contribution is -1.98. The summed E-state index contributed by atoms with van der Waals surface area (Å²) in [4.78, 5) is 0.663. The summed E-state index contributed by atoms with van der Waals surface area (Å²) in [6.45, 7) is 0. The molecule has 0 radical (unpaired) electrons. The quantitative estimate of drug-likeness (QED) is 0.823. The van der Waals surface area contributed by atoms with Gasteiger partial charge in [-0.1, -0.05) is 17.7 Å². The van der Waals surface area contributed by atoms with Crippen LogP contribution in [0.3, 0.4) is 0 Å². The molecule has 0 amide bonds. The van der Waals surface area contributed by atoms with Crippen molar-refractivity contribution in [2.24, 2.45) is 0 Å². The summed E-state index contributed by atoms with van der Waals surface area (Å²) >= 11 is 9.36. The molecule has 106 valence electrons. The molecule has 1 atom stereocenters. The van der Waals surface area contributed by atoms with E-state index in [0.29, 0.717) is 21.4 Å². The van der Waals surface area contributed by atoms with Gasteiger partial charge in [0.25, 0.3) is 0 Å². The van der Waals surface area contributed by atoms with Crippen LogP contribution in [-0.4, -0.2) is 11.3 Å². The first-order chi connectivity index (χ1) is 9.51. The molecule has 0 spiro atoms. The average molecular weight is 375 g/mol. The summed E-state index contributed by atoms with van der Waals surface area (Å²) in [5, 5.41) is 0.423. The summed E-state index contributed by atoms with van der Waals surface area (Å²) in [6.07, 6.45) is 0. The maximum Gasteiger partial charge on any atom is 0.133 e. The lowest BCUT2D eigenvalue weighted by Gasteiger charge is -2.07. The van der Waals surface area contributed by atoms with Crippen LogP contribution < -0.4 is 10.5 Å². The van der Waals surface area contributed by atoms with Gasteiger partial charge in [-0.15, -0.1) is 0 Å². The van der Waals surface area contributed by atoms with Gasteiger partial charge in [0.05, 0.1) is 38.8 Å². The van der Waals surface area contributed by atoms with Gasteiger partial charge >= 0.3 is 0 Å². The number of hydrogen-bond acceptors (Lipinski definition) is 3. The molecule has 0 bridgehead atoms. The second-order valence-electron chi connectivity index (χ2n) is 4.14. The molecule has 2 rings (SSSR count). The molecule has 0 aliphatic rings. The third kappa shape index (κ3) is 3.53. The molecule has 20 heavy (non-hydrogen) atoms. The number of ether oxygens (including phenoxy) is 1. The number of halogens is 2. The average Bonchev–Trinajstić information content (AvgIpc) is 2.42. The normalized spacial score (nSPS) is 12.2. The minimum absolute atomic E-state index is 0.406. The van der Waals surface area contributed by atoms with Gasteiger partial charge in [0, 0.05) is 4.90 Å². The first-order valence-corrected chi connectivity index (χ1v) is 8.26. The predicted molar refractivity (Wildman–Crippen MR) is 86.7 cm³/mol. The summed E-state index contributed by atoms with van der Waals surface area (Å²) < 4.78 is 18.3. The molecule has 0 aliphatic heterocycles. The van der Waals surface area contributed by atoms with Crippen LogP contribution in [0.2, 0.25) is 5.02 Å². The van der Waals surface area contributed by atoms with Crippen LogP contribution in [0.25, 0.3) is 0 Å². The summed E-state index contributed by atoms with van der Waals surface area (Å²) in [5.74, 6) is 1.15. The van der Waals surface area contributed by atoms with E-state index in [0.717, 1.165) is 15.8 Å². The second kappa shape index (κ2) is 6.61. The summed E-state index contributed by atoms with van der Waals surface area (Å²) in [7, 11) is 0.434. The minimum atomic E-state index is -1.17. The number of nitrogen functional groups attached to an aromatic ring is 1. The van der Waals surface area contributed by atoms with Crippen LogP contribution in [0.4, 0.5) is 5.69 Å². The van der Waals surface area contributed by atoms with E-state index >= 15 is 0 Å². The molecule has 0 saturated heterocycles. The van der Waals surface area contributed by atoms with Crippen LogP contribution >= 0.6 is 27.5 Å². The van der Waals surface area contributed by atoms with E-state index < -0.39 is 10.8 Å². The van der Waals surface area contributed by atoms with Gasteiger partial charge < -0.3 is 10.5 Å². The van der Waals surface area contributed by atoms with Crippen molar-refractivity contribution in [1.82, 2.24) is 0 Å². The van der Waals surface area contributed by atoms with Crippen molar-refractivity contribution >= 4 is 44.0 Å². The fraction of sp³-hybridized carbons (Fsp3) is 0.143. The molecule has 2 aromatic rings. The largest absolute Gasteiger partial charge is 0.496 e. The van der Waals surface area contributed by atoms with Crippen molar-refractivity contribution in [3.63, 3.8) is 0 Å². The van der Waals surface area contributed by atoms with Crippen LogP contribution in [0.5, 0.6) is 5.75 Å². The molecule has 0 aromatic heterocycles. The van der Waals surface area contributed by atoms with Gasteiger partial charge in [0.15, 0.2) is 0 Å². The van der Waals surface area contributed by atoms with E-state index in [1.165, 1.54) is 0 Å². The smallest absolute Gasteiger partial charge is 0.133 e. The van der Waals surface area contributed by atoms with E-state index in [1.54, 1.807) is 25.3 Å². The highest BCUT2D eigenvalue weighted by Crippen LogP contribution is 2.27. The van der Waals surface area contributed by atoms with Crippen LogP contribution in [0, 0.1) is 0 Å². The third-order valence-corrected chi connectivity index (χ3v) is 5.07. The van der Waals surface area contributed by atoms with Gasteiger partial charge in [-0.05, 0) is 51.8 Å². The molecular formula is C14H13BrClNO2S. The zero-order valence-electron chi connectivity index (χ0n) is 10.7. The Kier molecular flexibility index (Phi) is 5.07. The van der Waals surface area contributed by atoms with Crippen LogP contribution in [0.1, 0.15) is 5.56 Å². The molecule has 6 heteroatoms. The molecule has 2 aromatic carbocycles. The summed E-state index contributed by atoms with van der Waals surface area (Å²) in [6, 6.07) is 10.7. The standard InChI is InChI=1S/C14H13BrClNO2S/c1-19-14-5-2-9(6-11(14)15)8-20(18)10-3-4-13(17)12(16)7-10/h2-7H,8,17H2,1H3. The highest BCUT2D eigenvalue weighted by Gasteiger charge is 2.09. The molecule has 1 unspecified atom stereocenters. The molecule has 0 fully saturated rings. The highest BCUT2D eigenvalue weighted by atomic mass is 79.9. The van der Waals surface area contributed by atoms with Crippen molar-refractivity contribution in [3.8, 4) is 5.75 Å². The van der Waals surface area contributed by atoms with E-state index in [9.17, 15) is 4.21 Å². The Morgan fingerprint density at radius 2 is 2.05 bits per heavy atom. The maximum atomic E-state index is 12.3.